The first-order valence-electron chi connectivity index (χ1n) is 6.86. The molecule has 1 aromatic heterocycles. The number of anilines is 1. The molecule has 0 amide bonds. The maximum absolute atomic E-state index is 13.2. The van der Waals surface area contributed by atoms with Crippen molar-refractivity contribution < 1.29 is 18.1 Å². The topological polar surface area (TPSA) is 63.4 Å². The van der Waals surface area contributed by atoms with Gasteiger partial charge < -0.3 is 4.90 Å². The van der Waals surface area contributed by atoms with Crippen LogP contribution in [-0.4, -0.2) is 18.0 Å². The molecular formula is C13H11F3N2O3S2. The molecule has 0 radical (unpaired) electrons. The number of hydrogen-bond acceptors (Lipinski definition) is 6. The highest BCUT2D eigenvalue weighted by atomic mass is 32.2. The summed E-state index contributed by atoms with van der Waals surface area (Å²) in [5.74, 6) is 0. The van der Waals surface area contributed by atoms with Crippen molar-refractivity contribution in [3.8, 4) is 0 Å². The van der Waals surface area contributed by atoms with E-state index in [2.05, 4.69) is 0 Å². The van der Waals surface area contributed by atoms with Crippen molar-refractivity contribution in [1.82, 2.24) is 0 Å². The third kappa shape index (κ3) is 2.92. The molecule has 5 nitrogen and oxygen atoms in total. The Morgan fingerprint density at radius 3 is 2.30 bits per heavy atom. The van der Waals surface area contributed by atoms with E-state index < -0.39 is 26.4 Å². The van der Waals surface area contributed by atoms with E-state index in [0.717, 1.165) is 19.3 Å². The van der Waals surface area contributed by atoms with Gasteiger partial charge in [-0.3, -0.25) is 14.9 Å². The summed E-state index contributed by atoms with van der Waals surface area (Å²) in [6.07, 6.45) is -2.13. The predicted molar refractivity (Wildman–Crippen MR) is 83.7 cm³/mol. The highest BCUT2D eigenvalue weighted by molar-refractivity contribution is 7.36. The second kappa shape index (κ2) is 5.75. The zero-order valence-corrected chi connectivity index (χ0v) is 13.3. The Morgan fingerprint density at radius 2 is 1.74 bits per heavy atom. The minimum absolute atomic E-state index is 0.0726. The summed E-state index contributed by atoms with van der Waals surface area (Å²) in [7, 11) is 0. The fourth-order valence-corrected chi connectivity index (χ4v) is 5.03. The van der Waals surface area contributed by atoms with Crippen molar-refractivity contribution in [2.24, 2.45) is 0 Å². The molecule has 1 aromatic carbocycles. The number of alkyl halides is 3. The highest BCUT2D eigenvalue weighted by Crippen LogP contribution is 2.46. The van der Waals surface area contributed by atoms with Gasteiger partial charge in [0.25, 0.3) is 9.74 Å². The molecule has 1 aliphatic heterocycles. The maximum atomic E-state index is 13.2. The first kappa shape index (κ1) is 16.2. The fraction of sp³-hybridized carbons (Fsp3) is 0.462. The molecule has 0 bridgehead atoms. The molecule has 0 N–H and O–H groups in total. The van der Waals surface area contributed by atoms with E-state index in [1.807, 2.05) is 0 Å². The van der Waals surface area contributed by atoms with Gasteiger partial charge in [-0.2, -0.15) is 13.2 Å². The number of benzene rings is 1. The van der Waals surface area contributed by atoms with Crippen LogP contribution in [0.4, 0.5) is 24.5 Å². The lowest BCUT2D eigenvalue weighted by atomic mass is 10.1. The average Bonchev–Trinajstić information content (AvgIpc) is 2.85. The first-order chi connectivity index (χ1) is 10.8. The van der Waals surface area contributed by atoms with Crippen molar-refractivity contribution in [3.63, 3.8) is 0 Å². The molecule has 2 aromatic rings. The fourth-order valence-electron chi connectivity index (χ4n) is 2.77. The van der Waals surface area contributed by atoms with Crippen LogP contribution >= 0.6 is 22.7 Å². The van der Waals surface area contributed by atoms with Gasteiger partial charge in [-0.05, 0) is 19.3 Å². The summed E-state index contributed by atoms with van der Waals surface area (Å²) in [5.41, 5.74) is -1.54. The van der Waals surface area contributed by atoms with E-state index in [1.165, 1.54) is 0 Å². The van der Waals surface area contributed by atoms with Crippen molar-refractivity contribution in [3.05, 3.63) is 30.6 Å². The molecule has 1 saturated heterocycles. The first-order valence-corrected chi connectivity index (χ1v) is 8.49. The molecule has 10 heteroatoms. The third-order valence-electron chi connectivity index (χ3n) is 3.73. The highest BCUT2D eigenvalue weighted by Gasteiger charge is 2.38. The van der Waals surface area contributed by atoms with Gasteiger partial charge in [0.1, 0.15) is 5.69 Å². The van der Waals surface area contributed by atoms with Gasteiger partial charge in [0, 0.05) is 19.2 Å². The number of hydrogen-bond donors (Lipinski definition) is 0. The summed E-state index contributed by atoms with van der Waals surface area (Å²) >= 11 is 1.15. The molecular weight excluding hydrogens is 353 g/mol. The van der Waals surface area contributed by atoms with E-state index in [0.29, 0.717) is 41.8 Å². The Kier molecular flexibility index (Phi) is 4.05. The molecule has 3 rings (SSSR count). The normalized spacial score (nSPS) is 16.0. The van der Waals surface area contributed by atoms with E-state index in [9.17, 15) is 28.1 Å². The number of nitrogens with zero attached hydrogens (tertiary/aromatic N) is 2. The summed E-state index contributed by atoms with van der Waals surface area (Å²) in [6, 6.07) is 0.564. The number of piperidine rings is 1. The van der Waals surface area contributed by atoms with Crippen molar-refractivity contribution in [2.45, 2.75) is 25.4 Å². The molecule has 1 aliphatic rings. The Labute approximate surface area is 136 Å². The van der Waals surface area contributed by atoms with Crippen LogP contribution in [0.5, 0.6) is 0 Å². The largest absolute Gasteiger partial charge is 0.418 e. The third-order valence-corrected chi connectivity index (χ3v) is 5.93. The van der Waals surface area contributed by atoms with Gasteiger partial charge in [0.05, 0.1) is 19.9 Å². The van der Waals surface area contributed by atoms with Crippen molar-refractivity contribution in [2.75, 3.05) is 18.0 Å². The summed E-state index contributed by atoms with van der Waals surface area (Å²) in [6.45, 7) is 1.08. The predicted octanol–water partition coefficient (Wildman–Crippen LogP) is 4.24. The molecule has 0 atom stereocenters. The van der Waals surface area contributed by atoms with E-state index in [4.69, 9.17) is 0 Å². The zero-order valence-electron chi connectivity index (χ0n) is 11.7. The van der Waals surface area contributed by atoms with Gasteiger partial charge in [0.15, 0.2) is 0 Å². The Hall–Kier alpha value is -1.68. The lowest BCUT2D eigenvalue weighted by molar-refractivity contribution is -0.384. The van der Waals surface area contributed by atoms with Gasteiger partial charge in [0.2, 0.25) is 0 Å². The Balaban J connectivity index is 2.35. The smallest absolute Gasteiger partial charge is 0.365 e. The summed E-state index contributed by atoms with van der Waals surface area (Å²) in [5, 5.41) is 11.3. The van der Waals surface area contributed by atoms with Gasteiger partial charge >= 0.3 is 6.18 Å². The number of halogens is 3. The maximum Gasteiger partial charge on any atom is 0.418 e. The van der Waals surface area contributed by atoms with Crippen LogP contribution in [0.2, 0.25) is 0 Å². The molecule has 0 saturated carbocycles. The molecule has 1 fully saturated rings. The quantitative estimate of drug-likeness (QED) is 0.591. The van der Waals surface area contributed by atoms with E-state index in [-0.39, 0.29) is 15.1 Å². The number of rotatable bonds is 2. The molecule has 124 valence electrons. The SMILES string of the molecule is O=c1sc2c(C(F)(F)F)cc([N+](=O)[O-])c(N3CCCCC3)c2s1. The van der Waals surface area contributed by atoms with Gasteiger partial charge in [-0.25, -0.2) is 0 Å². The van der Waals surface area contributed by atoms with E-state index >= 15 is 0 Å². The standard InChI is InChI=1S/C13H11F3N2O3S2/c14-13(15,16)7-6-8(18(20)21)9(17-4-2-1-3-5-17)11-10(7)22-12(19)23-11/h6H,1-5H2. The van der Waals surface area contributed by atoms with Crippen LogP contribution in [-0.2, 0) is 6.18 Å². The average molecular weight is 364 g/mol. The number of nitro benzene ring substituents is 1. The second-order valence-corrected chi connectivity index (χ2v) is 7.43. The summed E-state index contributed by atoms with van der Waals surface area (Å²) < 4.78 is 39.0. The Morgan fingerprint density at radius 1 is 1.13 bits per heavy atom. The molecule has 2 heterocycles. The van der Waals surface area contributed by atoms with Gasteiger partial charge in [-0.1, -0.05) is 22.7 Å². The van der Waals surface area contributed by atoms with Crippen LogP contribution < -0.4 is 8.96 Å². The van der Waals surface area contributed by atoms with Crippen LogP contribution in [0.3, 0.4) is 0 Å². The van der Waals surface area contributed by atoms with Gasteiger partial charge in [-0.15, -0.1) is 0 Å². The van der Waals surface area contributed by atoms with Crippen LogP contribution in [0.15, 0.2) is 10.9 Å². The van der Waals surface area contributed by atoms with Crippen molar-refractivity contribution >= 4 is 43.4 Å². The Bertz CT molecular complexity index is 822. The second-order valence-electron chi connectivity index (χ2n) is 5.21. The molecule has 0 spiro atoms. The lowest BCUT2D eigenvalue weighted by Crippen LogP contribution is -2.30. The molecule has 23 heavy (non-hydrogen) atoms. The zero-order chi connectivity index (χ0) is 16.8. The minimum Gasteiger partial charge on any atom is -0.365 e. The number of fused-ring (bicyclic) bond motifs is 1. The van der Waals surface area contributed by atoms with Crippen LogP contribution in [0, 0.1) is 10.1 Å². The van der Waals surface area contributed by atoms with Crippen LogP contribution in [0.1, 0.15) is 24.8 Å². The summed E-state index contributed by atoms with van der Waals surface area (Å²) in [4.78, 5) is 23.9. The number of nitro groups is 1. The van der Waals surface area contributed by atoms with E-state index in [1.54, 1.807) is 4.90 Å². The van der Waals surface area contributed by atoms with Crippen molar-refractivity contribution in [1.29, 1.82) is 0 Å². The molecule has 0 unspecified atom stereocenters. The monoisotopic (exact) mass is 364 g/mol. The van der Waals surface area contributed by atoms with Crippen LogP contribution in [0.25, 0.3) is 9.40 Å². The minimum atomic E-state index is -4.74. The molecule has 0 aliphatic carbocycles. The lowest BCUT2D eigenvalue weighted by Gasteiger charge is -2.29.